The van der Waals surface area contributed by atoms with Gasteiger partial charge in [0.25, 0.3) is 17.6 Å². The average Bonchev–Trinajstić information content (AvgIpc) is 3.24. The number of halogens is 1. The molecule has 130 valence electrons. The molecule has 1 amide bonds. The van der Waals surface area contributed by atoms with Gasteiger partial charge in [0, 0.05) is 11.6 Å². The molecular weight excluding hydrogens is 327 g/mol. The van der Waals surface area contributed by atoms with Crippen molar-refractivity contribution in [3.63, 3.8) is 0 Å². The fourth-order valence-electron chi connectivity index (χ4n) is 2.13. The van der Waals surface area contributed by atoms with Crippen molar-refractivity contribution >= 4 is 5.91 Å². The van der Waals surface area contributed by atoms with Crippen molar-refractivity contribution in [2.24, 2.45) is 0 Å². The summed E-state index contributed by atoms with van der Waals surface area (Å²) in [7, 11) is 0. The summed E-state index contributed by atoms with van der Waals surface area (Å²) in [6.45, 7) is 5.74. The molecule has 8 nitrogen and oxygen atoms in total. The van der Waals surface area contributed by atoms with Gasteiger partial charge >= 0.3 is 0 Å². The first-order valence-electron chi connectivity index (χ1n) is 7.76. The Labute approximate surface area is 143 Å². The molecule has 0 fully saturated rings. The van der Waals surface area contributed by atoms with Gasteiger partial charge in [0.15, 0.2) is 0 Å². The Hall–Kier alpha value is -3.10. The van der Waals surface area contributed by atoms with Crippen LogP contribution >= 0.6 is 0 Å². The highest BCUT2D eigenvalue weighted by Gasteiger charge is 2.20. The molecule has 0 aliphatic carbocycles. The lowest BCUT2D eigenvalue weighted by molar-refractivity contribution is 0.0925. The second-order valence-electron chi connectivity index (χ2n) is 5.85. The molecule has 0 spiro atoms. The second-order valence-corrected chi connectivity index (χ2v) is 5.85. The normalized spacial score (nSPS) is 12.4. The minimum absolute atomic E-state index is 0.0723. The molecule has 2 aromatic heterocycles. The Morgan fingerprint density at radius 2 is 2.12 bits per heavy atom. The van der Waals surface area contributed by atoms with Gasteiger partial charge in [0.1, 0.15) is 11.5 Å². The van der Waals surface area contributed by atoms with Crippen molar-refractivity contribution in [1.29, 1.82) is 0 Å². The molecule has 1 atom stereocenters. The van der Waals surface area contributed by atoms with Gasteiger partial charge in [-0.05, 0) is 39.0 Å². The maximum absolute atomic E-state index is 13.3. The van der Waals surface area contributed by atoms with Gasteiger partial charge < -0.3 is 9.84 Å². The number of hydrogen-bond acceptors (Lipinski definition) is 6. The van der Waals surface area contributed by atoms with Crippen LogP contribution in [0.2, 0.25) is 0 Å². The number of nitrogens with one attached hydrogen (secondary N) is 1. The summed E-state index contributed by atoms with van der Waals surface area (Å²) in [6, 6.07) is 5.49. The van der Waals surface area contributed by atoms with Crippen LogP contribution in [-0.4, -0.2) is 31.0 Å². The van der Waals surface area contributed by atoms with Crippen molar-refractivity contribution in [1.82, 2.24) is 30.5 Å². The van der Waals surface area contributed by atoms with E-state index in [1.807, 2.05) is 13.8 Å². The summed E-state index contributed by atoms with van der Waals surface area (Å²) in [5.74, 6) is -1.01. The zero-order valence-corrected chi connectivity index (χ0v) is 14.0. The van der Waals surface area contributed by atoms with Gasteiger partial charge in [-0.25, -0.2) is 9.07 Å². The van der Waals surface area contributed by atoms with E-state index in [1.54, 1.807) is 23.9 Å². The molecule has 0 radical (unpaired) electrons. The van der Waals surface area contributed by atoms with Crippen LogP contribution in [0.4, 0.5) is 4.39 Å². The molecule has 2 heterocycles. The van der Waals surface area contributed by atoms with Crippen LogP contribution in [0, 0.1) is 5.82 Å². The highest BCUT2D eigenvalue weighted by molar-refractivity contribution is 5.90. The minimum Gasteiger partial charge on any atom is -0.341 e. The van der Waals surface area contributed by atoms with Gasteiger partial charge in [-0.1, -0.05) is 16.4 Å². The Bertz CT molecular complexity index is 888. The molecule has 0 bridgehead atoms. The van der Waals surface area contributed by atoms with Crippen LogP contribution < -0.4 is 5.32 Å². The van der Waals surface area contributed by atoms with E-state index in [1.165, 1.54) is 18.2 Å². The van der Waals surface area contributed by atoms with Crippen LogP contribution in [0.5, 0.6) is 0 Å². The van der Waals surface area contributed by atoms with Crippen molar-refractivity contribution in [2.45, 2.75) is 32.9 Å². The topological polar surface area (TPSA) is 98.7 Å². The van der Waals surface area contributed by atoms with E-state index in [4.69, 9.17) is 4.52 Å². The van der Waals surface area contributed by atoms with Gasteiger partial charge in [-0.15, -0.1) is 5.10 Å². The monoisotopic (exact) mass is 344 g/mol. The third kappa shape index (κ3) is 3.70. The smallest absolute Gasteiger partial charge is 0.293 e. The van der Waals surface area contributed by atoms with Crippen molar-refractivity contribution in [3.8, 4) is 11.5 Å². The standard InChI is InChI=1S/C16H17FN6O2/c1-9(2)23-8-13(20-22-23)10(3)18-15(24)14-19-16(25-21-14)11-5-4-6-12(17)7-11/h4-10H,1-3H3,(H,18,24)/t10-/m1/s1. The summed E-state index contributed by atoms with van der Waals surface area (Å²) in [6.07, 6.45) is 1.77. The number of benzene rings is 1. The van der Waals surface area contributed by atoms with Crippen LogP contribution in [0.1, 0.15) is 49.2 Å². The minimum atomic E-state index is -0.516. The summed E-state index contributed by atoms with van der Waals surface area (Å²) in [4.78, 5) is 16.3. The van der Waals surface area contributed by atoms with Gasteiger partial charge in [-0.2, -0.15) is 4.98 Å². The third-order valence-corrected chi connectivity index (χ3v) is 3.55. The quantitative estimate of drug-likeness (QED) is 0.764. The predicted octanol–water partition coefficient (Wildman–Crippen LogP) is 2.54. The van der Waals surface area contributed by atoms with Crippen LogP contribution in [0.3, 0.4) is 0 Å². The number of carbonyl (C=O) groups excluding carboxylic acids is 1. The van der Waals surface area contributed by atoms with Crippen molar-refractivity contribution < 1.29 is 13.7 Å². The molecule has 3 rings (SSSR count). The summed E-state index contributed by atoms with van der Waals surface area (Å²) in [5, 5.41) is 14.4. The molecule has 9 heteroatoms. The Morgan fingerprint density at radius 1 is 1.32 bits per heavy atom. The molecule has 25 heavy (non-hydrogen) atoms. The lowest BCUT2D eigenvalue weighted by atomic mass is 10.2. The third-order valence-electron chi connectivity index (χ3n) is 3.55. The zero-order chi connectivity index (χ0) is 18.0. The Kier molecular flexibility index (Phi) is 4.55. The first-order valence-corrected chi connectivity index (χ1v) is 7.76. The molecular formula is C16H17FN6O2. The van der Waals surface area contributed by atoms with Crippen LogP contribution in [0.15, 0.2) is 35.0 Å². The fraction of sp³-hybridized carbons (Fsp3) is 0.312. The van der Waals surface area contributed by atoms with E-state index in [0.717, 1.165) is 0 Å². The van der Waals surface area contributed by atoms with E-state index >= 15 is 0 Å². The average molecular weight is 344 g/mol. The Balaban J connectivity index is 1.71. The fourth-order valence-corrected chi connectivity index (χ4v) is 2.13. The number of nitrogens with zero attached hydrogens (tertiary/aromatic N) is 5. The maximum Gasteiger partial charge on any atom is 0.293 e. The lowest BCUT2D eigenvalue weighted by Crippen LogP contribution is -2.27. The number of amides is 1. The van der Waals surface area contributed by atoms with Gasteiger partial charge in [0.05, 0.1) is 12.2 Å². The van der Waals surface area contributed by atoms with E-state index in [-0.39, 0.29) is 23.8 Å². The van der Waals surface area contributed by atoms with Crippen LogP contribution in [0.25, 0.3) is 11.5 Å². The zero-order valence-electron chi connectivity index (χ0n) is 14.0. The summed E-state index contributed by atoms with van der Waals surface area (Å²) >= 11 is 0. The van der Waals surface area contributed by atoms with Gasteiger partial charge in [-0.3, -0.25) is 4.79 Å². The maximum atomic E-state index is 13.3. The summed E-state index contributed by atoms with van der Waals surface area (Å²) < 4.78 is 20.0. The molecule has 0 aliphatic heterocycles. The highest BCUT2D eigenvalue weighted by atomic mass is 19.1. The molecule has 1 N–H and O–H groups in total. The van der Waals surface area contributed by atoms with E-state index in [0.29, 0.717) is 11.3 Å². The van der Waals surface area contributed by atoms with Crippen molar-refractivity contribution in [2.75, 3.05) is 0 Å². The summed E-state index contributed by atoms with van der Waals surface area (Å²) in [5.41, 5.74) is 1.02. The number of aromatic nitrogens is 5. The second kappa shape index (κ2) is 6.80. The predicted molar refractivity (Wildman–Crippen MR) is 86.0 cm³/mol. The molecule has 3 aromatic rings. The lowest BCUT2D eigenvalue weighted by Gasteiger charge is -2.08. The van der Waals surface area contributed by atoms with Crippen molar-refractivity contribution in [3.05, 3.63) is 47.8 Å². The molecule has 0 unspecified atom stereocenters. The first kappa shape index (κ1) is 16.7. The number of rotatable bonds is 5. The van der Waals surface area contributed by atoms with Gasteiger partial charge in [0.2, 0.25) is 0 Å². The highest BCUT2D eigenvalue weighted by Crippen LogP contribution is 2.18. The molecule has 1 aromatic carbocycles. The van der Waals surface area contributed by atoms with E-state index in [2.05, 4.69) is 25.8 Å². The first-order chi connectivity index (χ1) is 11.9. The Morgan fingerprint density at radius 3 is 2.80 bits per heavy atom. The molecule has 0 saturated heterocycles. The van der Waals surface area contributed by atoms with Crippen LogP contribution in [-0.2, 0) is 0 Å². The number of hydrogen-bond donors (Lipinski definition) is 1. The SMILES string of the molecule is CC(C)n1cc([C@@H](C)NC(=O)c2noc(-c3cccc(F)c3)n2)nn1. The molecule has 0 saturated carbocycles. The van der Waals surface area contributed by atoms with E-state index in [9.17, 15) is 9.18 Å². The molecule has 0 aliphatic rings. The largest absolute Gasteiger partial charge is 0.341 e. The van der Waals surface area contributed by atoms with E-state index < -0.39 is 11.7 Å². The number of carbonyl (C=O) groups is 1.